The molecule has 0 spiro atoms. The van der Waals surface area contributed by atoms with Crippen LogP contribution in [0.1, 0.15) is 43.4 Å². The Hall–Kier alpha value is -1.03. The summed E-state index contributed by atoms with van der Waals surface area (Å²) in [6, 6.07) is 0.601. The molecule has 3 N–H and O–H groups in total. The first-order valence-corrected chi connectivity index (χ1v) is 6.39. The highest BCUT2D eigenvalue weighted by atomic mass is 15.2. The van der Waals surface area contributed by atoms with Gasteiger partial charge in [-0.05, 0) is 44.7 Å². The zero-order chi connectivity index (χ0) is 11.0. The van der Waals surface area contributed by atoms with Crippen LogP contribution in [0.5, 0.6) is 0 Å². The topological polar surface area (TPSA) is 52.7 Å². The Labute approximate surface area is 96.2 Å². The summed E-state index contributed by atoms with van der Waals surface area (Å²) in [5.74, 6) is 1.78. The van der Waals surface area contributed by atoms with E-state index in [9.17, 15) is 0 Å². The van der Waals surface area contributed by atoms with Gasteiger partial charge in [0, 0.05) is 17.3 Å². The first-order chi connectivity index (χ1) is 7.84. The molecule has 4 nitrogen and oxygen atoms in total. The summed E-state index contributed by atoms with van der Waals surface area (Å²) in [5, 5.41) is 14.6. The summed E-state index contributed by atoms with van der Waals surface area (Å²) >= 11 is 0. The Bertz CT molecular complexity index is 365. The van der Waals surface area contributed by atoms with Gasteiger partial charge in [0.2, 0.25) is 0 Å². The molecule has 0 bridgehead atoms. The number of nitrogens with zero attached hydrogens (tertiary/aromatic N) is 1. The third-order valence-corrected chi connectivity index (χ3v) is 3.90. The first-order valence-electron chi connectivity index (χ1n) is 6.39. The number of nitrogens with one attached hydrogen (secondary N) is 3. The third-order valence-electron chi connectivity index (χ3n) is 3.90. The van der Waals surface area contributed by atoms with Crippen LogP contribution in [0.4, 0.5) is 5.82 Å². The number of hydrogen-bond donors (Lipinski definition) is 3. The smallest absolute Gasteiger partial charge is 0.151 e. The lowest BCUT2D eigenvalue weighted by molar-refractivity contribution is 0.478. The first kappa shape index (κ1) is 10.1. The molecule has 0 radical (unpaired) electrons. The predicted octanol–water partition coefficient (Wildman–Crippen LogP) is 1.62. The summed E-state index contributed by atoms with van der Waals surface area (Å²) in [6.45, 7) is 4.53. The molecule has 0 saturated carbocycles. The molecule has 1 aromatic heterocycles. The molecule has 1 fully saturated rings. The van der Waals surface area contributed by atoms with Crippen molar-refractivity contribution in [2.24, 2.45) is 0 Å². The number of aromatic amines is 1. The van der Waals surface area contributed by atoms with Crippen molar-refractivity contribution in [2.75, 3.05) is 18.4 Å². The van der Waals surface area contributed by atoms with Gasteiger partial charge in [-0.15, -0.1) is 0 Å². The van der Waals surface area contributed by atoms with Gasteiger partial charge < -0.3 is 10.6 Å². The number of anilines is 1. The molecule has 1 aliphatic carbocycles. The second-order valence-corrected chi connectivity index (χ2v) is 5.07. The van der Waals surface area contributed by atoms with Crippen LogP contribution in [-0.4, -0.2) is 29.3 Å². The second kappa shape index (κ2) is 4.09. The summed E-state index contributed by atoms with van der Waals surface area (Å²) in [7, 11) is 0. The second-order valence-electron chi connectivity index (χ2n) is 5.07. The lowest BCUT2D eigenvalue weighted by atomic mass is 10.1. The fraction of sp³-hybridized carbons (Fsp3) is 0.750. The van der Waals surface area contributed by atoms with Crippen LogP contribution < -0.4 is 10.6 Å². The van der Waals surface area contributed by atoms with E-state index in [2.05, 4.69) is 27.8 Å². The highest BCUT2D eigenvalue weighted by molar-refractivity contribution is 5.50. The van der Waals surface area contributed by atoms with Gasteiger partial charge in [-0.2, -0.15) is 5.10 Å². The maximum Gasteiger partial charge on any atom is 0.151 e. The molecule has 4 heteroatoms. The van der Waals surface area contributed by atoms with Crippen LogP contribution in [0, 0.1) is 0 Å². The van der Waals surface area contributed by atoms with Crippen LogP contribution in [0.15, 0.2) is 0 Å². The molecule has 88 valence electrons. The SMILES string of the molecule is CC1CCc2c(NC3CCNCC3)n[nH]c21. The highest BCUT2D eigenvalue weighted by Gasteiger charge is 2.25. The summed E-state index contributed by atoms with van der Waals surface area (Å²) in [4.78, 5) is 0. The standard InChI is InChI=1S/C12H20N4/c1-8-2-3-10-11(8)15-16-12(10)14-9-4-6-13-7-5-9/h8-9,13H,2-7H2,1H3,(H2,14,15,16). The number of H-pyrrole nitrogens is 1. The van der Waals surface area contributed by atoms with Crippen molar-refractivity contribution in [2.45, 2.75) is 44.6 Å². The van der Waals surface area contributed by atoms with Gasteiger partial charge in [-0.25, -0.2) is 0 Å². The fourth-order valence-corrected chi connectivity index (χ4v) is 2.82. The lowest BCUT2D eigenvalue weighted by Crippen LogP contribution is -2.35. The van der Waals surface area contributed by atoms with E-state index in [0.717, 1.165) is 18.9 Å². The number of fused-ring (bicyclic) bond motifs is 1. The Morgan fingerprint density at radius 1 is 1.25 bits per heavy atom. The molecule has 1 saturated heterocycles. The Balaban J connectivity index is 1.73. The minimum absolute atomic E-state index is 0.601. The third kappa shape index (κ3) is 1.71. The summed E-state index contributed by atoms with van der Waals surface area (Å²) < 4.78 is 0. The zero-order valence-electron chi connectivity index (χ0n) is 9.84. The number of rotatable bonds is 2. The van der Waals surface area contributed by atoms with E-state index in [1.165, 1.54) is 36.9 Å². The van der Waals surface area contributed by atoms with Gasteiger partial charge in [0.25, 0.3) is 0 Å². The van der Waals surface area contributed by atoms with E-state index in [0.29, 0.717) is 12.0 Å². The number of piperidine rings is 1. The van der Waals surface area contributed by atoms with Crippen molar-refractivity contribution in [3.8, 4) is 0 Å². The van der Waals surface area contributed by atoms with Crippen molar-refractivity contribution in [1.29, 1.82) is 0 Å². The minimum Gasteiger partial charge on any atom is -0.366 e. The van der Waals surface area contributed by atoms with Crippen molar-refractivity contribution in [3.63, 3.8) is 0 Å². The molecular formula is C12H20N4. The van der Waals surface area contributed by atoms with Gasteiger partial charge in [0.15, 0.2) is 5.82 Å². The van der Waals surface area contributed by atoms with Crippen LogP contribution in [0.2, 0.25) is 0 Å². The maximum atomic E-state index is 4.43. The average molecular weight is 220 g/mol. The average Bonchev–Trinajstić information content (AvgIpc) is 2.86. The van der Waals surface area contributed by atoms with Gasteiger partial charge in [0.05, 0.1) is 0 Å². The van der Waals surface area contributed by atoms with Crippen molar-refractivity contribution < 1.29 is 0 Å². The molecule has 2 heterocycles. The number of aromatic nitrogens is 2. The molecule has 1 aromatic rings. The van der Waals surface area contributed by atoms with Crippen LogP contribution in [0.25, 0.3) is 0 Å². The van der Waals surface area contributed by atoms with E-state index in [4.69, 9.17) is 0 Å². The van der Waals surface area contributed by atoms with E-state index in [1.807, 2.05) is 0 Å². The Morgan fingerprint density at radius 2 is 2.06 bits per heavy atom. The predicted molar refractivity (Wildman–Crippen MR) is 64.8 cm³/mol. The normalized spacial score (nSPS) is 25.7. The Kier molecular flexibility index (Phi) is 2.59. The van der Waals surface area contributed by atoms with E-state index >= 15 is 0 Å². The minimum atomic E-state index is 0.601. The maximum absolute atomic E-state index is 4.43. The lowest BCUT2D eigenvalue weighted by Gasteiger charge is -2.23. The quantitative estimate of drug-likeness (QED) is 0.710. The van der Waals surface area contributed by atoms with Gasteiger partial charge >= 0.3 is 0 Å². The molecule has 0 aromatic carbocycles. The molecule has 0 amide bonds. The molecule has 2 aliphatic rings. The Morgan fingerprint density at radius 3 is 2.88 bits per heavy atom. The van der Waals surface area contributed by atoms with E-state index in [-0.39, 0.29) is 0 Å². The molecule has 3 rings (SSSR count). The van der Waals surface area contributed by atoms with Crippen molar-refractivity contribution >= 4 is 5.82 Å². The van der Waals surface area contributed by atoms with Gasteiger partial charge in [-0.3, -0.25) is 5.10 Å². The molecule has 1 unspecified atom stereocenters. The summed E-state index contributed by atoms with van der Waals surface area (Å²) in [6.07, 6.45) is 4.86. The van der Waals surface area contributed by atoms with Gasteiger partial charge in [-0.1, -0.05) is 6.92 Å². The molecule has 1 aliphatic heterocycles. The van der Waals surface area contributed by atoms with E-state index < -0.39 is 0 Å². The van der Waals surface area contributed by atoms with Crippen molar-refractivity contribution in [3.05, 3.63) is 11.3 Å². The molecule has 1 atom stereocenters. The molecular weight excluding hydrogens is 200 g/mol. The summed E-state index contributed by atoms with van der Waals surface area (Å²) in [5.41, 5.74) is 2.79. The van der Waals surface area contributed by atoms with Crippen LogP contribution in [-0.2, 0) is 6.42 Å². The molecule has 16 heavy (non-hydrogen) atoms. The largest absolute Gasteiger partial charge is 0.366 e. The number of hydrogen-bond acceptors (Lipinski definition) is 3. The van der Waals surface area contributed by atoms with Gasteiger partial charge in [0.1, 0.15) is 0 Å². The van der Waals surface area contributed by atoms with Crippen LogP contribution >= 0.6 is 0 Å². The zero-order valence-corrected chi connectivity index (χ0v) is 9.84. The van der Waals surface area contributed by atoms with Crippen LogP contribution in [0.3, 0.4) is 0 Å². The fourth-order valence-electron chi connectivity index (χ4n) is 2.82. The highest BCUT2D eigenvalue weighted by Crippen LogP contribution is 2.35. The van der Waals surface area contributed by atoms with E-state index in [1.54, 1.807) is 0 Å². The monoisotopic (exact) mass is 220 g/mol. The van der Waals surface area contributed by atoms with Crippen molar-refractivity contribution in [1.82, 2.24) is 15.5 Å².